The van der Waals surface area contributed by atoms with Gasteiger partial charge in [0.2, 0.25) is 0 Å². The van der Waals surface area contributed by atoms with E-state index in [0.29, 0.717) is 30.3 Å². The van der Waals surface area contributed by atoms with E-state index >= 15 is 0 Å². The number of alkyl halides is 6. The second kappa shape index (κ2) is 14.8. The van der Waals surface area contributed by atoms with Gasteiger partial charge in [0.05, 0.1) is 5.52 Å². The van der Waals surface area contributed by atoms with Crippen LogP contribution in [0.3, 0.4) is 0 Å². The SMILES string of the molecule is Cc1nc(-c2nc(C(=O)NCc3ccncc3)c3ccccn23)cn1Cc1ccncc1.O=C(O)C(F)(F)F.O=C(O)C(F)(F)F. The molecule has 0 saturated carbocycles. The molecule has 0 aliphatic rings. The van der Waals surface area contributed by atoms with Gasteiger partial charge in [-0.15, -0.1) is 0 Å². The van der Waals surface area contributed by atoms with Crippen molar-refractivity contribution in [1.29, 1.82) is 0 Å². The number of hydrogen-bond donors (Lipinski definition) is 3. The predicted molar refractivity (Wildman–Crippen MR) is 147 cm³/mol. The Morgan fingerprint density at radius 1 is 0.804 bits per heavy atom. The van der Waals surface area contributed by atoms with Gasteiger partial charge in [-0.1, -0.05) is 6.07 Å². The maximum absolute atomic E-state index is 13.0. The quantitative estimate of drug-likeness (QED) is 0.224. The number of aliphatic carboxylic acids is 2. The van der Waals surface area contributed by atoms with Gasteiger partial charge in [-0.25, -0.2) is 19.6 Å². The average molecular weight is 652 g/mol. The minimum Gasteiger partial charge on any atom is -0.475 e. The van der Waals surface area contributed by atoms with Crippen molar-refractivity contribution in [2.75, 3.05) is 0 Å². The van der Waals surface area contributed by atoms with Crippen molar-refractivity contribution in [2.24, 2.45) is 0 Å². The lowest BCUT2D eigenvalue weighted by Crippen LogP contribution is -2.23. The molecule has 0 aliphatic heterocycles. The van der Waals surface area contributed by atoms with Crippen molar-refractivity contribution in [3.63, 3.8) is 0 Å². The molecule has 18 heteroatoms. The number of carboxylic acids is 2. The lowest BCUT2D eigenvalue weighted by molar-refractivity contribution is -0.193. The molecule has 0 saturated heterocycles. The zero-order chi connectivity index (χ0) is 34.1. The molecule has 0 fully saturated rings. The van der Waals surface area contributed by atoms with Gasteiger partial charge in [0.25, 0.3) is 5.91 Å². The Balaban J connectivity index is 0.000000345. The Hall–Kier alpha value is -5.81. The third kappa shape index (κ3) is 9.60. The summed E-state index contributed by atoms with van der Waals surface area (Å²) in [4.78, 5) is 48.2. The Bertz CT molecular complexity index is 1770. The monoisotopic (exact) mass is 651 g/mol. The number of halogens is 6. The number of carbonyl (C=O) groups is 3. The summed E-state index contributed by atoms with van der Waals surface area (Å²) in [7, 11) is 0. The number of fused-ring (bicyclic) bond motifs is 1. The molecule has 0 radical (unpaired) electrons. The fraction of sp³-hybridized carbons (Fsp3) is 0.179. The number of hydrogen-bond acceptors (Lipinski definition) is 7. The number of pyridine rings is 3. The summed E-state index contributed by atoms with van der Waals surface area (Å²) < 4.78 is 67.4. The number of aromatic nitrogens is 6. The van der Waals surface area contributed by atoms with E-state index in [1.165, 1.54) is 0 Å². The summed E-state index contributed by atoms with van der Waals surface area (Å²) in [6.07, 6.45) is 0.667. The van der Waals surface area contributed by atoms with Gasteiger partial charge in [0.1, 0.15) is 11.5 Å². The molecule has 1 amide bonds. The van der Waals surface area contributed by atoms with E-state index in [0.717, 1.165) is 22.5 Å². The Morgan fingerprint density at radius 3 is 1.85 bits per heavy atom. The number of carboxylic acid groups (broad SMARTS) is 2. The molecule has 242 valence electrons. The van der Waals surface area contributed by atoms with Crippen LogP contribution < -0.4 is 5.32 Å². The molecule has 0 aromatic carbocycles. The van der Waals surface area contributed by atoms with E-state index in [4.69, 9.17) is 24.8 Å². The van der Waals surface area contributed by atoms with Gasteiger partial charge in [0, 0.05) is 50.3 Å². The average Bonchev–Trinajstić information content (AvgIpc) is 3.57. The first-order valence-electron chi connectivity index (χ1n) is 12.8. The Morgan fingerprint density at radius 2 is 1.33 bits per heavy atom. The van der Waals surface area contributed by atoms with E-state index in [1.54, 1.807) is 24.8 Å². The summed E-state index contributed by atoms with van der Waals surface area (Å²) >= 11 is 0. The van der Waals surface area contributed by atoms with Crippen LogP contribution in [0.15, 0.2) is 79.6 Å². The topological polar surface area (TPSA) is 165 Å². The first-order valence-corrected chi connectivity index (χ1v) is 12.8. The van der Waals surface area contributed by atoms with Crippen LogP contribution in [0.2, 0.25) is 0 Å². The van der Waals surface area contributed by atoms with Gasteiger partial charge >= 0.3 is 24.3 Å². The molecule has 12 nitrogen and oxygen atoms in total. The number of carbonyl (C=O) groups excluding carboxylic acids is 1. The fourth-order valence-electron chi connectivity index (χ4n) is 3.61. The third-order valence-corrected chi connectivity index (χ3v) is 5.76. The van der Waals surface area contributed by atoms with Gasteiger partial charge in [-0.05, 0) is 54.4 Å². The van der Waals surface area contributed by atoms with E-state index < -0.39 is 24.3 Å². The number of aryl methyl sites for hydroxylation is 1. The summed E-state index contributed by atoms with van der Waals surface area (Å²) in [5, 5.41) is 17.2. The van der Waals surface area contributed by atoms with Crippen LogP contribution in [0, 0.1) is 6.92 Å². The lowest BCUT2D eigenvalue weighted by atomic mass is 10.2. The molecular formula is C28H23F6N7O5. The molecule has 3 N–H and O–H groups in total. The molecular weight excluding hydrogens is 628 g/mol. The fourth-order valence-corrected chi connectivity index (χ4v) is 3.61. The molecule has 0 unspecified atom stereocenters. The third-order valence-electron chi connectivity index (χ3n) is 5.76. The molecule has 5 heterocycles. The number of nitrogens with one attached hydrogen (secondary N) is 1. The first-order chi connectivity index (χ1) is 21.6. The maximum atomic E-state index is 13.0. The van der Waals surface area contributed by atoms with Crippen LogP contribution in [0.25, 0.3) is 17.0 Å². The molecule has 0 bridgehead atoms. The molecule has 46 heavy (non-hydrogen) atoms. The van der Waals surface area contributed by atoms with Crippen LogP contribution in [0.5, 0.6) is 0 Å². The summed E-state index contributed by atoms with van der Waals surface area (Å²) in [6, 6.07) is 13.4. The maximum Gasteiger partial charge on any atom is 0.490 e. The van der Waals surface area contributed by atoms with Crippen molar-refractivity contribution < 1.29 is 50.9 Å². The van der Waals surface area contributed by atoms with Crippen molar-refractivity contribution in [3.05, 3.63) is 102 Å². The van der Waals surface area contributed by atoms with Crippen LogP contribution in [0.4, 0.5) is 26.3 Å². The molecule has 5 rings (SSSR count). The highest BCUT2D eigenvalue weighted by molar-refractivity contribution is 5.99. The van der Waals surface area contributed by atoms with Crippen molar-refractivity contribution >= 4 is 23.4 Å². The highest BCUT2D eigenvalue weighted by Gasteiger charge is 2.38. The Labute approximate surface area is 255 Å². The highest BCUT2D eigenvalue weighted by Crippen LogP contribution is 2.23. The Kier molecular flexibility index (Phi) is 11.1. The smallest absolute Gasteiger partial charge is 0.475 e. The first kappa shape index (κ1) is 34.7. The zero-order valence-corrected chi connectivity index (χ0v) is 23.5. The van der Waals surface area contributed by atoms with Gasteiger partial charge in [-0.3, -0.25) is 19.2 Å². The second-order valence-electron chi connectivity index (χ2n) is 9.04. The van der Waals surface area contributed by atoms with Gasteiger partial charge < -0.3 is 20.1 Å². The lowest BCUT2D eigenvalue weighted by Gasteiger charge is -2.03. The van der Waals surface area contributed by atoms with Crippen molar-refractivity contribution in [1.82, 2.24) is 34.2 Å². The van der Waals surface area contributed by atoms with Crippen molar-refractivity contribution in [2.45, 2.75) is 32.4 Å². The van der Waals surface area contributed by atoms with E-state index in [-0.39, 0.29) is 5.91 Å². The van der Waals surface area contributed by atoms with E-state index in [1.807, 2.05) is 66.2 Å². The molecule has 5 aromatic rings. The molecule has 0 atom stereocenters. The van der Waals surface area contributed by atoms with Crippen LogP contribution in [-0.2, 0) is 22.7 Å². The van der Waals surface area contributed by atoms with Crippen LogP contribution in [0.1, 0.15) is 27.4 Å². The predicted octanol–water partition coefficient (Wildman–Crippen LogP) is 4.54. The molecule has 0 aliphatic carbocycles. The van der Waals surface area contributed by atoms with Gasteiger partial charge in [0.15, 0.2) is 11.5 Å². The largest absolute Gasteiger partial charge is 0.490 e. The van der Waals surface area contributed by atoms with E-state index in [2.05, 4.69) is 24.8 Å². The zero-order valence-electron chi connectivity index (χ0n) is 23.5. The summed E-state index contributed by atoms with van der Waals surface area (Å²) in [5.74, 6) is -4.25. The summed E-state index contributed by atoms with van der Waals surface area (Å²) in [6.45, 7) is 3.05. The van der Waals surface area contributed by atoms with Crippen LogP contribution in [-0.4, -0.2) is 69.3 Å². The van der Waals surface area contributed by atoms with Gasteiger partial charge in [-0.2, -0.15) is 26.3 Å². The van der Waals surface area contributed by atoms with E-state index in [9.17, 15) is 31.1 Å². The number of nitrogens with zero attached hydrogens (tertiary/aromatic N) is 6. The minimum atomic E-state index is -5.08. The standard InChI is InChI=1S/C24H21N7O.2C2HF3O2/c1-17-28-20(16-30(17)15-19-7-11-26-12-8-19)23-29-22(21-4-2-3-13-31(21)23)24(32)27-14-18-5-9-25-10-6-18;2*3-2(4,5)1(6)7/h2-13,16H,14-15H2,1H3,(H,27,32);2*(H,6,7). The van der Waals surface area contributed by atoms with Crippen molar-refractivity contribution in [3.8, 4) is 11.5 Å². The van der Waals surface area contributed by atoms with Crippen LogP contribution >= 0.6 is 0 Å². The molecule has 5 aromatic heterocycles. The normalized spacial score (nSPS) is 11.1. The summed E-state index contributed by atoms with van der Waals surface area (Å²) in [5.41, 5.74) is 3.93. The minimum absolute atomic E-state index is 0.232. The second-order valence-corrected chi connectivity index (χ2v) is 9.04. The number of amides is 1. The number of rotatable bonds is 6. The highest BCUT2D eigenvalue weighted by atomic mass is 19.4. The number of imidazole rings is 2. The molecule has 0 spiro atoms.